The highest BCUT2D eigenvalue weighted by molar-refractivity contribution is 7.90. The van der Waals surface area contributed by atoms with Crippen LogP contribution in [0.4, 0.5) is 5.69 Å². The minimum absolute atomic E-state index is 0.0582. The van der Waals surface area contributed by atoms with E-state index in [1.54, 1.807) is 13.0 Å². The van der Waals surface area contributed by atoms with Crippen LogP contribution in [0.3, 0.4) is 0 Å². The lowest BCUT2D eigenvalue weighted by molar-refractivity contribution is -0.124. The van der Waals surface area contributed by atoms with Crippen molar-refractivity contribution in [3.8, 4) is 6.07 Å². The maximum atomic E-state index is 12.5. The van der Waals surface area contributed by atoms with Crippen molar-refractivity contribution in [2.24, 2.45) is 0 Å². The monoisotopic (exact) mass is 464 g/mol. The van der Waals surface area contributed by atoms with Gasteiger partial charge in [-0.1, -0.05) is 11.6 Å². The van der Waals surface area contributed by atoms with E-state index in [-0.39, 0.29) is 21.0 Å². The molecule has 0 aromatic heterocycles. The molecule has 0 fully saturated rings. The van der Waals surface area contributed by atoms with Crippen LogP contribution in [0.1, 0.15) is 28.4 Å². The Balaban J connectivity index is 2.09. The zero-order valence-corrected chi connectivity index (χ0v) is 18.5. The molecule has 0 aliphatic carbocycles. The van der Waals surface area contributed by atoms with Gasteiger partial charge in [0.25, 0.3) is 11.8 Å². The Bertz CT molecular complexity index is 1140. The van der Waals surface area contributed by atoms with Gasteiger partial charge in [-0.15, -0.1) is 0 Å². The molecule has 0 heterocycles. The van der Waals surface area contributed by atoms with Gasteiger partial charge in [-0.2, -0.15) is 5.26 Å². The van der Waals surface area contributed by atoms with E-state index in [1.165, 1.54) is 37.3 Å². The SMILES string of the molecule is Cc1c(N[C@@H](C(=O)NNC(=O)c2ccc(S(C)(=O)=O)cc2)[C@H](C)O)ccc(C#N)c1Cl. The van der Waals surface area contributed by atoms with E-state index in [4.69, 9.17) is 16.9 Å². The average Bonchev–Trinajstić information content (AvgIpc) is 2.72. The van der Waals surface area contributed by atoms with Gasteiger partial charge < -0.3 is 10.4 Å². The van der Waals surface area contributed by atoms with Gasteiger partial charge in [0.1, 0.15) is 12.1 Å². The molecule has 2 amide bonds. The summed E-state index contributed by atoms with van der Waals surface area (Å²) in [6.45, 7) is 3.05. The van der Waals surface area contributed by atoms with Crippen LogP contribution in [-0.2, 0) is 14.6 Å². The highest BCUT2D eigenvalue weighted by Crippen LogP contribution is 2.27. The van der Waals surface area contributed by atoms with Crippen molar-refractivity contribution in [2.75, 3.05) is 11.6 Å². The fraction of sp³-hybridized carbons (Fsp3) is 0.250. The highest BCUT2D eigenvalue weighted by atomic mass is 35.5. The summed E-state index contributed by atoms with van der Waals surface area (Å²) < 4.78 is 23.0. The number of aliphatic hydroxyl groups is 1. The van der Waals surface area contributed by atoms with Gasteiger partial charge in [0.2, 0.25) is 0 Å². The van der Waals surface area contributed by atoms with E-state index < -0.39 is 33.8 Å². The summed E-state index contributed by atoms with van der Waals surface area (Å²) in [5.41, 5.74) is 5.80. The van der Waals surface area contributed by atoms with Crippen molar-refractivity contribution in [3.05, 3.63) is 58.1 Å². The van der Waals surface area contributed by atoms with E-state index in [0.717, 1.165) is 6.26 Å². The van der Waals surface area contributed by atoms with Gasteiger partial charge >= 0.3 is 0 Å². The van der Waals surface area contributed by atoms with Crippen molar-refractivity contribution in [3.63, 3.8) is 0 Å². The third-order valence-electron chi connectivity index (χ3n) is 4.43. The highest BCUT2D eigenvalue weighted by Gasteiger charge is 2.25. The first-order chi connectivity index (χ1) is 14.5. The van der Waals surface area contributed by atoms with E-state index in [0.29, 0.717) is 11.3 Å². The van der Waals surface area contributed by atoms with Crippen LogP contribution in [-0.4, -0.2) is 43.7 Å². The number of benzene rings is 2. The molecule has 0 radical (unpaired) electrons. The normalized spacial score (nSPS) is 12.9. The van der Waals surface area contributed by atoms with Crippen LogP contribution in [0.2, 0.25) is 5.02 Å². The Hall–Kier alpha value is -3.13. The van der Waals surface area contributed by atoms with E-state index in [9.17, 15) is 23.1 Å². The van der Waals surface area contributed by atoms with Crippen LogP contribution in [0.15, 0.2) is 41.3 Å². The van der Waals surface area contributed by atoms with Crippen molar-refractivity contribution < 1.29 is 23.1 Å². The second-order valence-corrected chi connectivity index (χ2v) is 9.21. The van der Waals surface area contributed by atoms with Gasteiger partial charge in [0.15, 0.2) is 9.84 Å². The third-order valence-corrected chi connectivity index (χ3v) is 6.04. The topological polar surface area (TPSA) is 148 Å². The first-order valence-corrected chi connectivity index (χ1v) is 11.3. The number of hydrogen-bond acceptors (Lipinski definition) is 7. The Labute approximate surface area is 184 Å². The van der Waals surface area contributed by atoms with E-state index >= 15 is 0 Å². The summed E-state index contributed by atoms with van der Waals surface area (Å²) in [5, 5.41) is 22.1. The van der Waals surface area contributed by atoms with Crippen molar-refractivity contribution in [1.82, 2.24) is 10.9 Å². The maximum Gasteiger partial charge on any atom is 0.269 e. The number of nitrogens with zero attached hydrogens (tertiary/aromatic N) is 1. The second-order valence-electron chi connectivity index (χ2n) is 6.81. The fourth-order valence-electron chi connectivity index (χ4n) is 2.62. The van der Waals surface area contributed by atoms with Gasteiger partial charge in [-0.3, -0.25) is 20.4 Å². The van der Waals surface area contributed by atoms with E-state index in [2.05, 4.69) is 16.2 Å². The molecule has 0 aliphatic heterocycles. The van der Waals surface area contributed by atoms with Gasteiger partial charge in [-0.05, 0) is 55.8 Å². The zero-order valence-electron chi connectivity index (χ0n) is 16.9. The second kappa shape index (κ2) is 9.78. The number of rotatable bonds is 6. The number of carbonyl (C=O) groups excluding carboxylic acids is 2. The molecule has 9 nitrogen and oxygen atoms in total. The summed E-state index contributed by atoms with van der Waals surface area (Å²) in [5.74, 6) is -1.40. The number of sulfone groups is 1. The summed E-state index contributed by atoms with van der Waals surface area (Å²) in [6, 6.07) is 9.04. The van der Waals surface area contributed by atoms with Crippen LogP contribution in [0.25, 0.3) is 0 Å². The Morgan fingerprint density at radius 1 is 1.13 bits per heavy atom. The van der Waals surface area contributed by atoms with Gasteiger partial charge in [0, 0.05) is 17.5 Å². The van der Waals surface area contributed by atoms with Crippen molar-refractivity contribution >= 4 is 38.9 Å². The largest absolute Gasteiger partial charge is 0.391 e. The molecule has 0 aliphatic rings. The zero-order chi connectivity index (χ0) is 23.3. The third kappa shape index (κ3) is 5.95. The number of nitrogens with one attached hydrogen (secondary N) is 3. The predicted molar refractivity (Wildman–Crippen MR) is 115 cm³/mol. The molecule has 164 valence electrons. The first-order valence-electron chi connectivity index (χ1n) is 8.99. The summed E-state index contributed by atoms with van der Waals surface area (Å²) >= 11 is 6.13. The number of hydrazine groups is 1. The summed E-state index contributed by atoms with van der Waals surface area (Å²) in [6.07, 6.45) is -0.0893. The number of aliphatic hydroxyl groups excluding tert-OH is 1. The van der Waals surface area contributed by atoms with Crippen LogP contribution < -0.4 is 16.2 Å². The van der Waals surface area contributed by atoms with Crippen LogP contribution >= 0.6 is 11.6 Å². The fourth-order valence-corrected chi connectivity index (χ4v) is 3.46. The molecule has 2 atom stereocenters. The molecule has 0 unspecified atom stereocenters. The Morgan fingerprint density at radius 3 is 2.26 bits per heavy atom. The molecule has 2 rings (SSSR count). The predicted octanol–water partition coefficient (Wildman–Crippen LogP) is 1.55. The summed E-state index contributed by atoms with van der Waals surface area (Å²) in [7, 11) is -3.40. The summed E-state index contributed by atoms with van der Waals surface area (Å²) in [4.78, 5) is 24.8. The van der Waals surface area contributed by atoms with Gasteiger partial charge in [-0.25, -0.2) is 8.42 Å². The maximum absolute atomic E-state index is 12.5. The molecular weight excluding hydrogens is 444 g/mol. The molecule has 0 spiro atoms. The smallest absolute Gasteiger partial charge is 0.269 e. The number of amides is 2. The molecule has 4 N–H and O–H groups in total. The van der Waals surface area contributed by atoms with Crippen molar-refractivity contribution in [2.45, 2.75) is 30.9 Å². The lowest BCUT2D eigenvalue weighted by Crippen LogP contribution is -2.52. The number of anilines is 1. The van der Waals surface area contributed by atoms with Gasteiger partial charge in [0.05, 0.1) is 21.6 Å². The number of hydrogen-bond donors (Lipinski definition) is 4. The minimum Gasteiger partial charge on any atom is -0.391 e. The molecule has 0 bridgehead atoms. The lowest BCUT2D eigenvalue weighted by Gasteiger charge is -2.23. The molecule has 2 aromatic rings. The minimum atomic E-state index is -3.40. The average molecular weight is 465 g/mol. The molecule has 0 saturated carbocycles. The van der Waals surface area contributed by atoms with Crippen LogP contribution in [0.5, 0.6) is 0 Å². The van der Waals surface area contributed by atoms with Crippen molar-refractivity contribution in [1.29, 1.82) is 5.26 Å². The molecule has 31 heavy (non-hydrogen) atoms. The van der Waals surface area contributed by atoms with Crippen LogP contribution in [0, 0.1) is 18.3 Å². The molecule has 2 aromatic carbocycles. The molecule has 0 saturated heterocycles. The Kier molecular flexibility index (Phi) is 7.62. The number of nitriles is 1. The molecular formula is C20H21ClN4O5S. The standard InChI is InChI=1S/C20H21ClN4O5S/c1-11-16(9-6-14(10-22)17(11)21)23-18(12(2)26)20(28)25-24-19(27)13-4-7-15(8-5-13)31(3,29)30/h4-9,12,18,23,26H,1-3H3,(H,24,27)(H,25,28)/t12-,18+/m0/s1. The molecule has 11 heteroatoms. The quantitative estimate of drug-likeness (QED) is 0.474. The number of carbonyl (C=O) groups is 2. The van der Waals surface area contributed by atoms with E-state index in [1.807, 2.05) is 6.07 Å². The number of halogens is 1. The first kappa shape index (κ1) is 24.1. The Morgan fingerprint density at radius 2 is 1.74 bits per heavy atom. The lowest BCUT2D eigenvalue weighted by atomic mass is 10.1.